The smallest absolute Gasteiger partial charge is 0.119 e. The fourth-order valence-electron chi connectivity index (χ4n) is 9.10. The molecule has 0 spiro atoms. The quantitative estimate of drug-likeness (QED) is 0.0627. The predicted octanol–water partition coefficient (Wildman–Crippen LogP) is 14.1. The zero-order chi connectivity index (χ0) is 39.6. The van der Waals surface area contributed by atoms with Crippen LogP contribution in [-0.2, 0) is 10.8 Å². The molecule has 4 nitrogen and oxygen atoms in total. The SMILES string of the molecule is C=CCC(C/C=C/C(C#N)=C/C=C1/N(CCC)c2ccc(OC)cc2C1(CC=C)CC(CC)CCC)(CC(CC)CCC)c1cc(C)ccc1NCCC. The van der Waals surface area contributed by atoms with E-state index < -0.39 is 0 Å². The van der Waals surface area contributed by atoms with Gasteiger partial charge in [0, 0.05) is 41.0 Å². The van der Waals surface area contributed by atoms with Crippen LogP contribution in [0.3, 0.4) is 0 Å². The topological polar surface area (TPSA) is 48.3 Å². The number of methoxy groups -OCH3 is 1. The van der Waals surface area contributed by atoms with E-state index in [1.165, 1.54) is 53.0 Å². The Morgan fingerprint density at radius 1 is 0.944 bits per heavy atom. The van der Waals surface area contributed by atoms with Crippen LogP contribution in [-0.4, -0.2) is 20.2 Å². The van der Waals surface area contributed by atoms with Gasteiger partial charge in [0.05, 0.1) is 18.8 Å². The molecule has 0 bridgehead atoms. The molecule has 54 heavy (non-hydrogen) atoms. The lowest BCUT2D eigenvalue weighted by atomic mass is 9.67. The molecule has 0 aromatic heterocycles. The van der Waals surface area contributed by atoms with Crippen LogP contribution < -0.4 is 15.0 Å². The van der Waals surface area contributed by atoms with Gasteiger partial charge in [-0.3, -0.25) is 0 Å². The van der Waals surface area contributed by atoms with Crippen molar-refractivity contribution in [2.24, 2.45) is 11.8 Å². The first-order valence-corrected chi connectivity index (χ1v) is 21.2. The van der Waals surface area contributed by atoms with Gasteiger partial charge in [0.2, 0.25) is 0 Å². The molecule has 0 amide bonds. The molecular weight excluding hydrogens is 659 g/mol. The van der Waals surface area contributed by atoms with Crippen LogP contribution in [0.4, 0.5) is 11.4 Å². The maximum atomic E-state index is 10.6. The normalized spacial score (nSPS) is 18.6. The Hall–Kier alpha value is -3.97. The minimum absolute atomic E-state index is 0.132. The summed E-state index contributed by atoms with van der Waals surface area (Å²) in [6, 6.07) is 16.0. The minimum Gasteiger partial charge on any atom is -0.497 e. The van der Waals surface area contributed by atoms with Gasteiger partial charge in [-0.15, -0.1) is 13.2 Å². The molecule has 0 radical (unpaired) electrons. The molecule has 1 aliphatic rings. The van der Waals surface area contributed by atoms with Gasteiger partial charge in [-0.1, -0.05) is 116 Å². The van der Waals surface area contributed by atoms with Crippen LogP contribution in [0.2, 0.25) is 0 Å². The standard InChI is InChI=1S/C50H73N3O/c1-11-20-40(17-7)36-49(29-13-3,44-34-39(9)23-26-46(44)52-32-15-5)31-19-22-42(38-51)24-28-48-50(30-14-4,37-41(18-8)21-12-2)45-35-43(54-10)25-27-47(45)53(48)33-16-6/h13-14,19,22-28,34-35,40-41,52H,3-4,11-12,15-18,20-21,29-33,36-37H2,1-2,5-10H3/b22-19+,42-24-,48-28+. The van der Waals surface area contributed by atoms with Crippen LogP contribution >= 0.6 is 0 Å². The Labute approximate surface area is 331 Å². The molecule has 1 heterocycles. The molecule has 1 N–H and O–H groups in total. The number of fused-ring (bicyclic) bond motifs is 1. The number of nitrogens with one attached hydrogen (secondary N) is 1. The Kier molecular flexibility index (Phi) is 18.4. The van der Waals surface area contributed by atoms with E-state index in [-0.39, 0.29) is 10.8 Å². The monoisotopic (exact) mass is 732 g/mol. The van der Waals surface area contributed by atoms with Crippen LogP contribution in [0.15, 0.2) is 97.3 Å². The summed E-state index contributed by atoms with van der Waals surface area (Å²) in [5.41, 5.74) is 7.99. The Balaban J connectivity index is 2.20. The maximum Gasteiger partial charge on any atom is 0.119 e. The van der Waals surface area contributed by atoms with Crippen molar-refractivity contribution in [2.45, 2.75) is 143 Å². The number of anilines is 2. The molecule has 0 fully saturated rings. The van der Waals surface area contributed by atoms with E-state index in [1.807, 2.05) is 0 Å². The van der Waals surface area contributed by atoms with Gasteiger partial charge in [0.25, 0.3) is 0 Å². The molecule has 3 rings (SSSR count). The third kappa shape index (κ3) is 10.8. The summed E-state index contributed by atoms with van der Waals surface area (Å²) in [5.74, 6) is 2.08. The Morgan fingerprint density at radius 3 is 2.30 bits per heavy atom. The van der Waals surface area contributed by atoms with Crippen LogP contribution in [0.25, 0.3) is 0 Å². The highest BCUT2D eigenvalue weighted by atomic mass is 16.5. The lowest BCUT2D eigenvalue weighted by Gasteiger charge is -2.38. The van der Waals surface area contributed by atoms with E-state index in [1.54, 1.807) is 7.11 Å². The summed E-state index contributed by atoms with van der Waals surface area (Å²) in [5, 5.41) is 14.4. The first kappa shape index (κ1) is 44.4. The van der Waals surface area contributed by atoms with E-state index in [0.717, 1.165) is 83.0 Å². The fraction of sp³-hybridized carbons (Fsp3) is 0.540. The van der Waals surface area contributed by atoms with Gasteiger partial charge in [-0.05, 0) is 117 Å². The van der Waals surface area contributed by atoms with Crippen molar-refractivity contribution in [3.63, 3.8) is 0 Å². The van der Waals surface area contributed by atoms with Crippen LogP contribution in [0.5, 0.6) is 5.75 Å². The predicted molar refractivity (Wildman–Crippen MR) is 236 cm³/mol. The molecule has 1 aliphatic heterocycles. The lowest BCUT2D eigenvalue weighted by molar-refractivity contribution is 0.295. The molecule has 4 unspecified atom stereocenters. The molecule has 4 atom stereocenters. The van der Waals surface area contributed by atoms with Crippen LogP contribution in [0, 0.1) is 30.1 Å². The maximum absolute atomic E-state index is 10.6. The molecule has 4 heteroatoms. The molecular formula is C50H73N3O. The summed E-state index contributed by atoms with van der Waals surface area (Å²) in [6.07, 6.45) is 26.7. The number of nitrogens with zero attached hydrogens (tertiary/aromatic N) is 2. The van der Waals surface area contributed by atoms with E-state index in [9.17, 15) is 5.26 Å². The Bertz CT molecular complexity index is 1620. The minimum atomic E-state index is -0.252. The summed E-state index contributed by atoms with van der Waals surface area (Å²) in [7, 11) is 1.75. The second-order valence-electron chi connectivity index (χ2n) is 15.8. The van der Waals surface area contributed by atoms with Crippen molar-refractivity contribution in [3.8, 4) is 11.8 Å². The number of allylic oxidation sites excluding steroid dienone is 8. The van der Waals surface area contributed by atoms with Crippen molar-refractivity contribution in [1.29, 1.82) is 5.26 Å². The molecule has 0 aliphatic carbocycles. The third-order valence-corrected chi connectivity index (χ3v) is 11.8. The van der Waals surface area contributed by atoms with Crippen molar-refractivity contribution < 1.29 is 4.74 Å². The van der Waals surface area contributed by atoms with E-state index in [0.29, 0.717) is 17.4 Å². The highest BCUT2D eigenvalue weighted by molar-refractivity contribution is 5.73. The number of hydrogen-bond acceptors (Lipinski definition) is 4. The third-order valence-electron chi connectivity index (χ3n) is 11.8. The number of ether oxygens (including phenoxy) is 1. The summed E-state index contributed by atoms with van der Waals surface area (Å²) >= 11 is 0. The van der Waals surface area contributed by atoms with Gasteiger partial charge in [0.1, 0.15) is 5.75 Å². The molecule has 0 saturated heterocycles. The van der Waals surface area contributed by atoms with Crippen molar-refractivity contribution in [2.75, 3.05) is 30.4 Å². The second kappa shape index (κ2) is 22.4. The fourth-order valence-corrected chi connectivity index (χ4v) is 9.10. The molecule has 2 aromatic carbocycles. The average Bonchev–Trinajstić information content (AvgIpc) is 3.42. The Morgan fingerprint density at radius 2 is 1.69 bits per heavy atom. The largest absolute Gasteiger partial charge is 0.497 e. The number of nitriles is 1. The summed E-state index contributed by atoms with van der Waals surface area (Å²) in [4.78, 5) is 2.50. The first-order valence-electron chi connectivity index (χ1n) is 21.2. The van der Waals surface area contributed by atoms with Gasteiger partial charge in [-0.25, -0.2) is 0 Å². The highest BCUT2D eigenvalue weighted by Crippen LogP contribution is 2.55. The van der Waals surface area contributed by atoms with E-state index >= 15 is 0 Å². The average molecular weight is 732 g/mol. The first-order chi connectivity index (χ1) is 26.2. The zero-order valence-electron chi connectivity index (χ0n) is 35.4. The van der Waals surface area contributed by atoms with E-state index in [4.69, 9.17) is 4.74 Å². The molecule has 294 valence electrons. The van der Waals surface area contributed by atoms with Gasteiger partial charge in [-0.2, -0.15) is 5.26 Å². The van der Waals surface area contributed by atoms with Crippen molar-refractivity contribution in [1.82, 2.24) is 0 Å². The van der Waals surface area contributed by atoms with Crippen molar-refractivity contribution >= 4 is 11.4 Å². The summed E-state index contributed by atoms with van der Waals surface area (Å²) < 4.78 is 5.80. The highest BCUT2D eigenvalue weighted by Gasteiger charge is 2.47. The number of benzene rings is 2. The number of hydrogen-bond donors (Lipinski definition) is 1. The van der Waals surface area contributed by atoms with Gasteiger partial charge < -0.3 is 15.0 Å². The van der Waals surface area contributed by atoms with Gasteiger partial charge in [0.15, 0.2) is 0 Å². The van der Waals surface area contributed by atoms with Gasteiger partial charge >= 0.3 is 0 Å². The second-order valence-corrected chi connectivity index (χ2v) is 15.8. The van der Waals surface area contributed by atoms with Crippen LogP contribution in [0.1, 0.15) is 142 Å². The summed E-state index contributed by atoms with van der Waals surface area (Å²) in [6.45, 7) is 26.3. The number of aryl methyl sites for hydroxylation is 1. The van der Waals surface area contributed by atoms with E-state index in [2.05, 4.69) is 151 Å². The number of rotatable bonds is 25. The lowest BCUT2D eigenvalue weighted by Crippen LogP contribution is -2.33. The zero-order valence-corrected chi connectivity index (χ0v) is 35.4. The molecule has 2 aromatic rings. The van der Waals surface area contributed by atoms with Crippen molar-refractivity contribution in [3.05, 3.63) is 114 Å². The molecule has 0 saturated carbocycles.